The SMILES string of the molecule is COc1ccc(C(=O)N(CCCN(C)C)c2nc3c(C)cc(C)cc3s2)cc1OC. The highest BCUT2D eigenvalue weighted by molar-refractivity contribution is 7.22. The van der Waals surface area contributed by atoms with Crippen molar-refractivity contribution >= 4 is 32.6 Å². The first-order valence-electron chi connectivity index (χ1n) is 9.90. The van der Waals surface area contributed by atoms with Crippen LogP contribution in [0.25, 0.3) is 10.2 Å². The lowest BCUT2D eigenvalue weighted by atomic mass is 10.1. The molecular weight excluding hydrogens is 398 g/mol. The molecule has 1 heterocycles. The van der Waals surface area contributed by atoms with E-state index in [2.05, 4.69) is 30.9 Å². The molecule has 0 aliphatic rings. The van der Waals surface area contributed by atoms with Crippen LogP contribution < -0.4 is 14.4 Å². The summed E-state index contributed by atoms with van der Waals surface area (Å²) in [5, 5.41) is 0.720. The summed E-state index contributed by atoms with van der Waals surface area (Å²) in [6, 6.07) is 9.50. The molecule has 7 heteroatoms. The van der Waals surface area contributed by atoms with E-state index in [-0.39, 0.29) is 5.91 Å². The smallest absolute Gasteiger partial charge is 0.260 e. The Kier molecular flexibility index (Phi) is 6.95. The van der Waals surface area contributed by atoms with Crippen LogP contribution >= 0.6 is 11.3 Å². The molecule has 160 valence electrons. The second-order valence-electron chi connectivity index (χ2n) is 7.61. The molecule has 0 saturated heterocycles. The topological polar surface area (TPSA) is 54.9 Å². The predicted octanol–water partition coefficient (Wildman–Crippen LogP) is 4.53. The quantitative estimate of drug-likeness (QED) is 0.529. The summed E-state index contributed by atoms with van der Waals surface area (Å²) in [5.41, 5.74) is 3.82. The zero-order chi connectivity index (χ0) is 21.8. The number of aryl methyl sites for hydroxylation is 2. The van der Waals surface area contributed by atoms with Crippen molar-refractivity contribution in [2.75, 3.05) is 46.3 Å². The van der Waals surface area contributed by atoms with Gasteiger partial charge in [-0.25, -0.2) is 4.98 Å². The molecule has 1 aromatic heterocycles. The Bertz CT molecular complexity index is 1050. The van der Waals surface area contributed by atoms with E-state index in [0.717, 1.165) is 33.9 Å². The number of amides is 1. The Morgan fingerprint density at radius 3 is 2.43 bits per heavy atom. The fourth-order valence-electron chi connectivity index (χ4n) is 3.43. The van der Waals surface area contributed by atoms with Crippen LogP contribution in [0.5, 0.6) is 11.5 Å². The second-order valence-corrected chi connectivity index (χ2v) is 8.62. The molecule has 2 aromatic carbocycles. The van der Waals surface area contributed by atoms with E-state index in [4.69, 9.17) is 14.5 Å². The summed E-state index contributed by atoms with van der Waals surface area (Å²) >= 11 is 1.56. The number of ether oxygens (including phenoxy) is 2. The number of rotatable bonds is 8. The van der Waals surface area contributed by atoms with Crippen LogP contribution in [-0.2, 0) is 0 Å². The van der Waals surface area contributed by atoms with Crippen LogP contribution in [0.4, 0.5) is 5.13 Å². The van der Waals surface area contributed by atoms with Gasteiger partial charge in [-0.1, -0.05) is 17.4 Å². The third-order valence-corrected chi connectivity index (χ3v) is 5.94. The minimum Gasteiger partial charge on any atom is -0.493 e. The van der Waals surface area contributed by atoms with Crippen molar-refractivity contribution in [3.63, 3.8) is 0 Å². The molecule has 0 atom stereocenters. The number of anilines is 1. The van der Waals surface area contributed by atoms with Crippen LogP contribution in [-0.4, -0.2) is 57.2 Å². The molecule has 0 aliphatic heterocycles. The fraction of sp³-hybridized carbons (Fsp3) is 0.391. The number of hydrogen-bond donors (Lipinski definition) is 0. The zero-order valence-electron chi connectivity index (χ0n) is 18.5. The van der Waals surface area contributed by atoms with Gasteiger partial charge >= 0.3 is 0 Å². The largest absolute Gasteiger partial charge is 0.493 e. The lowest BCUT2D eigenvalue weighted by Crippen LogP contribution is -2.33. The summed E-state index contributed by atoms with van der Waals surface area (Å²) in [6.45, 7) is 5.61. The van der Waals surface area contributed by atoms with Gasteiger partial charge in [0.2, 0.25) is 0 Å². The molecule has 0 aliphatic carbocycles. The summed E-state index contributed by atoms with van der Waals surface area (Å²) in [6.07, 6.45) is 0.847. The lowest BCUT2D eigenvalue weighted by molar-refractivity contribution is 0.0985. The molecule has 0 fully saturated rings. The zero-order valence-corrected chi connectivity index (χ0v) is 19.3. The summed E-state index contributed by atoms with van der Waals surface area (Å²) in [5.74, 6) is 1.04. The lowest BCUT2D eigenvalue weighted by Gasteiger charge is -2.21. The molecule has 0 bridgehead atoms. The number of fused-ring (bicyclic) bond motifs is 1. The Hall–Kier alpha value is -2.64. The third-order valence-electron chi connectivity index (χ3n) is 4.91. The van der Waals surface area contributed by atoms with Crippen LogP contribution in [0.15, 0.2) is 30.3 Å². The van der Waals surface area contributed by atoms with Gasteiger partial charge in [-0.15, -0.1) is 0 Å². The maximum atomic E-state index is 13.5. The van der Waals surface area contributed by atoms with Crippen molar-refractivity contribution in [2.24, 2.45) is 0 Å². The number of methoxy groups -OCH3 is 2. The number of thiazole rings is 1. The molecule has 0 radical (unpaired) electrons. The van der Waals surface area contributed by atoms with Crippen LogP contribution in [0.3, 0.4) is 0 Å². The van der Waals surface area contributed by atoms with Crippen molar-refractivity contribution in [3.8, 4) is 11.5 Å². The monoisotopic (exact) mass is 427 g/mol. The Morgan fingerprint density at radius 2 is 1.77 bits per heavy atom. The molecule has 3 aromatic rings. The Balaban J connectivity index is 2.00. The van der Waals surface area contributed by atoms with Crippen molar-refractivity contribution in [3.05, 3.63) is 47.0 Å². The number of nitrogens with zero attached hydrogens (tertiary/aromatic N) is 3. The normalized spacial score (nSPS) is 11.2. The van der Waals surface area contributed by atoms with Gasteiger partial charge in [-0.3, -0.25) is 9.69 Å². The second kappa shape index (κ2) is 9.45. The molecule has 0 N–H and O–H groups in total. The van der Waals surface area contributed by atoms with Crippen LogP contribution in [0.2, 0.25) is 0 Å². The van der Waals surface area contributed by atoms with Crippen molar-refractivity contribution in [1.29, 1.82) is 0 Å². The van der Waals surface area contributed by atoms with E-state index in [9.17, 15) is 4.79 Å². The van der Waals surface area contributed by atoms with Crippen molar-refractivity contribution in [2.45, 2.75) is 20.3 Å². The van der Waals surface area contributed by atoms with E-state index < -0.39 is 0 Å². The number of benzene rings is 2. The van der Waals surface area contributed by atoms with Gasteiger partial charge in [0.15, 0.2) is 16.6 Å². The van der Waals surface area contributed by atoms with Gasteiger partial charge in [0, 0.05) is 12.1 Å². The fourth-order valence-corrected chi connectivity index (χ4v) is 4.59. The molecule has 30 heavy (non-hydrogen) atoms. The van der Waals surface area contributed by atoms with Gasteiger partial charge in [0.05, 0.1) is 24.4 Å². The van der Waals surface area contributed by atoms with Crippen LogP contribution in [0, 0.1) is 13.8 Å². The summed E-state index contributed by atoms with van der Waals surface area (Å²) in [4.78, 5) is 22.2. The Labute approximate surface area is 182 Å². The van der Waals surface area contributed by atoms with E-state index in [0.29, 0.717) is 23.6 Å². The van der Waals surface area contributed by atoms with Crippen molar-refractivity contribution in [1.82, 2.24) is 9.88 Å². The molecular formula is C23H29N3O3S. The van der Waals surface area contributed by atoms with Gasteiger partial charge < -0.3 is 14.4 Å². The number of aromatic nitrogens is 1. The number of carbonyl (C=O) groups excluding carboxylic acids is 1. The molecule has 0 unspecified atom stereocenters. The number of carbonyl (C=O) groups is 1. The van der Waals surface area contributed by atoms with Crippen LogP contribution in [0.1, 0.15) is 27.9 Å². The van der Waals surface area contributed by atoms with Crippen molar-refractivity contribution < 1.29 is 14.3 Å². The van der Waals surface area contributed by atoms with E-state index in [1.54, 1.807) is 48.7 Å². The van der Waals surface area contributed by atoms with Gasteiger partial charge in [-0.05, 0) is 76.3 Å². The molecule has 6 nitrogen and oxygen atoms in total. The molecule has 3 rings (SSSR count). The predicted molar refractivity (Wildman–Crippen MR) is 123 cm³/mol. The maximum absolute atomic E-state index is 13.5. The highest BCUT2D eigenvalue weighted by Gasteiger charge is 2.23. The first-order chi connectivity index (χ1) is 14.3. The summed E-state index contributed by atoms with van der Waals surface area (Å²) < 4.78 is 11.8. The maximum Gasteiger partial charge on any atom is 0.260 e. The average molecular weight is 428 g/mol. The highest BCUT2D eigenvalue weighted by Crippen LogP contribution is 2.34. The number of hydrogen-bond acceptors (Lipinski definition) is 6. The third kappa shape index (κ3) is 4.74. The average Bonchev–Trinajstić information content (AvgIpc) is 3.14. The standard InChI is InChI=1S/C23H29N3O3S/c1-15-12-16(2)21-20(13-15)30-23(24-21)26(11-7-10-25(3)4)22(27)17-8-9-18(28-5)19(14-17)29-6/h8-9,12-14H,7,10-11H2,1-6H3. The van der Waals surface area contributed by atoms with E-state index >= 15 is 0 Å². The van der Waals surface area contributed by atoms with E-state index in [1.165, 1.54) is 5.56 Å². The first-order valence-corrected chi connectivity index (χ1v) is 10.7. The molecule has 0 spiro atoms. The highest BCUT2D eigenvalue weighted by atomic mass is 32.1. The Morgan fingerprint density at radius 1 is 1.03 bits per heavy atom. The minimum atomic E-state index is -0.0943. The first kappa shape index (κ1) is 22.1. The van der Waals surface area contributed by atoms with Gasteiger partial charge in [0.1, 0.15) is 0 Å². The van der Waals surface area contributed by atoms with Gasteiger partial charge in [0.25, 0.3) is 5.91 Å². The minimum absolute atomic E-state index is 0.0943. The van der Waals surface area contributed by atoms with Gasteiger partial charge in [-0.2, -0.15) is 0 Å². The summed E-state index contributed by atoms with van der Waals surface area (Å²) in [7, 11) is 7.21. The van der Waals surface area contributed by atoms with E-state index in [1.807, 2.05) is 14.1 Å². The molecule has 0 saturated carbocycles. The molecule has 1 amide bonds.